The summed E-state index contributed by atoms with van der Waals surface area (Å²) in [5.41, 5.74) is 7.96. The van der Waals surface area contributed by atoms with Gasteiger partial charge in [0.1, 0.15) is 0 Å². The summed E-state index contributed by atoms with van der Waals surface area (Å²) in [5.74, 6) is 0.162. The van der Waals surface area contributed by atoms with E-state index < -0.39 is 0 Å². The van der Waals surface area contributed by atoms with Crippen LogP contribution in [0.5, 0.6) is 0 Å². The molecule has 5 nitrogen and oxygen atoms in total. The molecule has 0 aliphatic rings. The Morgan fingerprint density at radius 2 is 1.95 bits per heavy atom. The number of amides is 2. The average Bonchev–Trinajstić information content (AvgIpc) is 2.33. The smallest absolute Gasteiger partial charge is 0.226 e. The zero-order valence-corrected chi connectivity index (χ0v) is 12.3. The van der Waals surface area contributed by atoms with Crippen molar-refractivity contribution in [1.29, 1.82) is 0 Å². The second-order valence-electron chi connectivity index (χ2n) is 5.32. The highest BCUT2D eigenvalue weighted by Crippen LogP contribution is 2.18. The van der Waals surface area contributed by atoms with Crippen molar-refractivity contribution in [3.8, 4) is 0 Å². The fraction of sp³-hybridized carbons (Fsp3) is 0.467. The van der Waals surface area contributed by atoms with Crippen LogP contribution in [0.2, 0.25) is 0 Å². The number of nitrogens with one attached hydrogen (secondary N) is 2. The molecule has 0 atom stereocenters. The molecule has 0 fully saturated rings. The van der Waals surface area contributed by atoms with Gasteiger partial charge in [0.25, 0.3) is 0 Å². The number of hydrogen-bond acceptors (Lipinski definition) is 3. The summed E-state index contributed by atoms with van der Waals surface area (Å²) in [6.07, 6.45) is 0.730. The summed E-state index contributed by atoms with van der Waals surface area (Å²) < 4.78 is 0. The van der Waals surface area contributed by atoms with Gasteiger partial charge in [0.15, 0.2) is 0 Å². The Balaban J connectivity index is 2.37. The van der Waals surface area contributed by atoms with Crippen molar-refractivity contribution in [3.05, 3.63) is 23.8 Å². The first-order chi connectivity index (χ1) is 9.38. The Morgan fingerprint density at radius 1 is 1.25 bits per heavy atom. The molecule has 0 bridgehead atoms. The highest BCUT2D eigenvalue weighted by atomic mass is 16.2. The van der Waals surface area contributed by atoms with E-state index in [9.17, 15) is 9.59 Å². The maximum absolute atomic E-state index is 11.8. The van der Waals surface area contributed by atoms with Crippen molar-refractivity contribution in [1.82, 2.24) is 5.32 Å². The number of benzene rings is 1. The molecule has 0 heterocycles. The minimum atomic E-state index is -0.136. The Labute approximate surface area is 119 Å². The van der Waals surface area contributed by atoms with Gasteiger partial charge in [0, 0.05) is 30.8 Å². The molecule has 4 N–H and O–H groups in total. The van der Waals surface area contributed by atoms with E-state index >= 15 is 0 Å². The van der Waals surface area contributed by atoms with E-state index in [4.69, 9.17) is 5.73 Å². The van der Waals surface area contributed by atoms with Gasteiger partial charge in [-0.3, -0.25) is 9.59 Å². The summed E-state index contributed by atoms with van der Waals surface area (Å²) in [4.78, 5) is 23.2. The van der Waals surface area contributed by atoms with Gasteiger partial charge in [-0.15, -0.1) is 0 Å². The fourth-order valence-corrected chi connectivity index (χ4v) is 1.75. The van der Waals surface area contributed by atoms with E-state index in [2.05, 4.69) is 10.6 Å². The van der Waals surface area contributed by atoms with E-state index in [0.29, 0.717) is 30.3 Å². The van der Waals surface area contributed by atoms with E-state index in [0.717, 1.165) is 5.56 Å². The van der Waals surface area contributed by atoms with Crippen LogP contribution >= 0.6 is 0 Å². The number of anilines is 2. The number of carbonyl (C=O) groups is 2. The lowest BCUT2D eigenvalue weighted by molar-refractivity contribution is -0.121. The molecule has 20 heavy (non-hydrogen) atoms. The predicted octanol–water partition coefficient (Wildman–Crippen LogP) is 2.07. The second-order valence-corrected chi connectivity index (χ2v) is 5.32. The number of nitrogens with two attached hydrogens (primary N) is 1. The first-order valence-corrected chi connectivity index (χ1v) is 6.81. The summed E-state index contributed by atoms with van der Waals surface area (Å²) in [6.45, 7) is 6.21. The molecule has 0 aromatic heterocycles. The topological polar surface area (TPSA) is 84.2 Å². The maximum atomic E-state index is 11.8. The van der Waals surface area contributed by atoms with Gasteiger partial charge in [-0.25, -0.2) is 0 Å². The van der Waals surface area contributed by atoms with Crippen LogP contribution in [-0.2, 0) is 9.59 Å². The summed E-state index contributed by atoms with van der Waals surface area (Å²) in [5, 5.41) is 5.53. The Hall–Kier alpha value is -2.04. The van der Waals surface area contributed by atoms with Crippen molar-refractivity contribution < 1.29 is 9.59 Å². The van der Waals surface area contributed by atoms with E-state index in [1.807, 2.05) is 26.8 Å². The largest absolute Gasteiger partial charge is 0.399 e. The molecule has 5 heteroatoms. The Kier molecular flexibility index (Phi) is 6.03. The molecule has 1 aromatic rings. The maximum Gasteiger partial charge on any atom is 0.226 e. The van der Waals surface area contributed by atoms with Crippen LogP contribution in [0, 0.1) is 12.8 Å². The van der Waals surface area contributed by atoms with Crippen molar-refractivity contribution >= 4 is 23.2 Å². The number of nitrogen functional groups attached to an aromatic ring is 1. The quantitative estimate of drug-likeness (QED) is 0.696. The highest BCUT2D eigenvalue weighted by molar-refractivity contribution is 5.92. The van der Waals surface area contributed by atoms with Crippen LogP contribution in [0.25, 0.3) is 0 Å². The van der Waals surface area contributed by atoms with Crippen LogP contribution in [0.3, 0.4) is 0 Å². The van der Waals surface area contributed by atoms with Gasteiger partial charge in [0.2, 0.25) is 11.8 Å². The monoisotopic (exact) mass is 277 g/mol. The molecule has 0 radical (unpaired) electrons. The van der Waals surface area contributed by atoms with Gasteiger partial charge >= 0.3 is 0 Å². The van der Waals surface area contributed by atoms with Gasteiger partial charge in [0.05, 0.1) is 0 Å². The minimum absolute atomic E-state index is 0.0204. The van der Waals surface area contributed by atoms with Crippen molar-refractivity contribution in [2.75, 3.05) is 17.6 Å². The number of rotatable bonds is 6. The first kappa shape index (κ1) is 16.0. The fourth-order valence-electron chi connectivity index (χ4n) is 1.75. The van der Waals surface area contributed by atoms with Crippen molar-refractivity contribution in [2.24, 2.45) is 5.92 Å². The van der Waals surface area contributed by atoms with E-state index in [1.165, 1.54) is 0 Å². The number of hydrogen-bond donors (Lipinski definition) is 3. The molecule has 0 aliphatic heterocycles. The predicted molar refractivity (Wildman–Crippen MR) is 81.3 cm³/mol. The number of carbonyl (C=O) groups excluding carboxylic acids is 2. The van der Waals surface area contributed by atoms with Gasteiger partial charge < -0.3 is 16.4 Å². The molecular weight excluding hydrogens is 254 g/mol. The summed E-state index contributed by atoms with van der Waals surface area (Å²) in [7, 11) is 0. The third-order valence-corrected chi connectivity index (χ3v) is 2.80. The standard InChI is InChI=1S/C15H23N3O2/c1-10(2)8-15(20)17-7-6-14(19)18-13-9-12(16)5-4-11(13)3/h4-5,9-10H,6-8,16H2,1-3H3,(H,17,20)(H,18,19). The molecular formula is C15H23N3O2. The van der Waals surface area contributed by atoms with Crippen LogP contribution in [-0.4, -0.2) is 18.4 Å². The molecule has 1 aromatic carbocycles. The van der Waals surface area contributed by atoms with Crippen LogP contribution in [0.15, 0.2) is 18.2 Å². The lowest BCUT2D eigenvalue weighted by Crippen LogP contribution is -2.28. The Morgan fingerprint density at radius 3 is 2.60 bits per heavy atom. The minimum Gasteiger partial charge on any atom is -0.399 e. The molecule has 0 unspecified atom stereocenters. The van der Waals surface area contributed by atoms with Gasteiger partial charge in [-0.2, -0.15) is 0 Å². The lowest BCUT2D eigenvalue weighted by atomic mass is 10.1. The van der Waals surface area contributed by atoms with Crippen molar-refractivity contribution in [3.63, 3.8) is 0 Å². The molecule has 110 valence electrons. The average molecular weight is 277 g/mol. The molecule has 0 aliphatic carbocycles. The van der Waals surface area contributed by atoms with Gasteiger partial charge in [-0.1, -0.05) is 19.9 Å². The second kappa shape index (κ2) is 7.53. The molecule has 0 spiro atoms. The SMILES string of the molecule is Cc1ccc(N)cc1NC(=O)CCNC(=O)CC(C)C. The lowest BCUT2D eigenvalue weighted by Gasteiger charge is -2.10. The third kappa shape index (κ3) is 5.73. The van der Waals surface area contributed by atoms with Crippen LogP contribution < -0.4 is 16.4 Å². The molecule has 2 amide bonds. The summed E-state index contributed by atoms with van der Waals surface area (Å²) >= 11 is 0. The number of aryl methyl sites for hydroxylation is 1. The van der Waals surface area contributed by atoms with Gasteiger partial charge in [-0.05, 0) is 30.5 Å². The van der Waals surface area contributed by atoms with Crippen LogP contribution in [0.1, 0.15) is 32.3 Å². The Bertz CT molecular complexity index is 484. The molecule has 1 rings (SSSR count). The zero-order valence-electron chi connectivity index (χ0n) is 12.3. The molecule has 0 saturated carbocycles. The first-order valence-electron chi connectivity index (χ1n) is 6.81. The zero-order chi connectivity index (χ0) is 15.1. The van der Waals surface area contributed by atoms with E-state index in [-0.39, 0.29) is 18.2 Å². The highest BCUT2D eigenvalue weighted by Gasteiger charge is 2.07. The van der Waals surface area contributed by atoms with E-state index in [1.54, 1.807) is 12.1 Å². The van der Waals surface area contributed by atoms with Crippen LogP contribution in [0.4, 0.5) is 11.4 Å². The third-order valence-electron chi connectivity index (χ3n) is 2.80. The summed E-state index contributed by atoms with van der Waals surface area (Å²) in [6, 6.07) is 5.37. The normalized spacial score (nSPS) is 10.4. The molecule has 0 saturated heterocycles. The van der Waals surface area contributed by atoms with Crippen molar-refractivity contribution in [2.45, 2.75) is 33.6 Å².